The van der Waals surface area contributed by atoms with Crippen LogP contribution in [0.15, 0.2) is 30.3 Å². The molecule has 2 N–H and O–H groups in total. The van der Waals surface area contributed by atoms with Crippen LogP contribution in [-0.2, 0) is 10.2 Å². The van der Waals surface area contributed by atoms with Gasteiger partial charge in [0, 0.05) is 42.5 Å². The highest BCUT2D eigenvalue weighted by Crippen LogP contribution is 2.30. The van der Waals surface area contributed by atoms with Crippen molar-refractivity contribution in [3.8, 4) is 0 Å². The van der Waals surface area contributed by atoms with E-state index in [1.165, 1.54) is 5.56 Å². The molecule has 1 saturated heterocycles. The molecule has 0 aliphatic carbocycles. The van der Waals surface area contributed by atoms with Crippen LogP contribution in [0.25, 0.3) is 0 Å². The van der Waals surface area contributed by atoms with E-state index in [2.05, 4.69) is 48.7 Å². The predicted octanol–water partition coefficient (Wildman–Crippen LogP) is 2.96. The fourth-order valence-electron chi connectivity index (χ4n) is 3.12. The zero-order valence-electron chi connectivity index (χ0n) is 13.7. The lowest BCUT2D eigenvalue weighted by Gasteiger charge is -2.33. The molecule has 1 atom stereocenters. The van der Waals surface area contributed by atoms with E-state index >= 15 is 0 Å². The van der Waals surface area contributed by atoms with Gasteiger partial charge in [-0.1, -0.05) is 44.2 Å². The lowest BCUT2D eigenvalue weighted by atomic mass is 9.76. The molecule has 1 fully saturated rings. The summed E-state index contributed by atoms with van der Waals surface area (Å²) in [6.07, 6.45) is 2.65. The summed E-state index contributed by atoms with van der Waals surface area (Å²) in [4.78, 5) is 12.3. The third kappa shape index (κ3) is 4.50. The van der Waals surface area contributed by atoms with Gasteiger partial charge in [-0.2, -0.15) is 11.8 Å². The number of nitrogens with one attached hydrogen (secondary N) is 2. The molecule has 122 valence electrons. The summed E-state index contributed by atoms with van der Waals surface area (Å²) >= 11 is 1.93. The number of thioether (sulfide) groups is 1. The van der Waals surface area contributed by atoms with Crippen molar-refractivity contribution in [2.45, 2.75) is 44.6 Å². The Morgan fingerprint density at radius 3 is 2.64 bits per heavy atom. The molecule has 1 unspecified atom stereocenters. The lowest BCUT2D eigenvalue weighted by Crippen LogP contribution is -2.44. The van der Waals surface area contributed by atoms with E-state index in [9.17, 15) is 4.79 Å². The van der Waals surface area contributed by atoms with Gasteiger partial charge in [-0.15, -0.1) is 0 Å². The second-order valence-corrected chi connectivity index (χ2v) is 7.21. The number of hydrogen-bond donors (Lipinski definition) is 2. The fraction of sp³-hybridized carbons (Fsp3) is 0.611. The van der Waals surface area contributed by atoms with Crippen molar-refractivity contribution < 1.29 is 4.79 Å². The molecular formula is C18H28N2OS. The van der Waals surface area contributed by atoms with Crippen LogP contribution in [0.1, 0.15) is 38.7 Å². The maximum Gasteiger partial charge on any atom is 0.221 e. The Kier molecular flexibility index (Phi) is 6.77. The van der Waals surface area contributed by atoms with E-state index in [4.69, 9.17) is 0 Å². The Hall–Kier alpha value is -1.00. The van der Waals surface area contributed by atoms with E-state index in [0.717, 1.165) is 37.4 Å². The van der Waals surface area contributed by atoms with Gasteiger partial charge < -0.3 is 10.6 Å². The third-order valence-electron chi connectivity index (χ3n) is 4.79. The highest BCUT2D eigenvalue weighted by Gasteiger charge is 2.29. The first-order valence-electron chi connectivity index (χ1n) is 8.33. The monoisotopic (exact) mass is 320 g/mol. The minimum absolute atomic E-state index is 0.0473. The van der Waals surface area contributed by atoms with Crippen molar-refractivity contribution >= 4 is 17.7 Å². The molecule has 2 rings (SSSR count). The lowest BCUT2D eigenvalue weighted by molar-refractivity contribution is -0.121. The molecule has 1 aromatic carbocycles. The van der Waals surface area contributed by atoms with E-state index in [1.54, 1.807) is 0 Å². The van der Waals surface area contributed by atoms with Crippen LogP contribution in [0.3, 0.4) is 0 Å². The van der Waals surface area contributed by atoms with Gasteiger partial charge in [0.15, 0.2) is 0 Å². The molecule has 22 heavy (non-hydrogen) atoms. The predicted molar refractivity (Wildman–Crippen MR) is 95.4 cm³/mol. The number of rotatable bonds is 7. The molecule has 0 saturated carbocycles. The van der Waals surface area contributed by atoms with E-state index < -0.39 is 0 Å². The van der Waals surface area contributed by atoms with Crippen LogP contribution in [0.5, 0.6) is 0 Å². The molecule has 0 bridgehead atoms. The molecule has 1 amide bonds. The largest absolute Gasteiger partial charge is 0.355 e. The minimum Gasteiger partial charge on any atom is -0.355 e. The van der Waals surface area contributed by atoms with Crippen LogP contribution in [0, 0.1) is 0 Å². The summed E-state index contributed by atoms with van der Waals surface area (Å²) in [5, 5.41) is 6.61. The van der Waals surface area contributed by atoms with Crippen LogP contribution in [0.2, 0.25) is 0 Å². The summed E-state index contributed by atoms with van der Waals surface area (Å²) in [6.45, 7) is 6.16. The van der Waals surface area contributed by atoms with E-state index in [0.29, 0.717) is 12.5 Å². The first-order chi connectivity index (χ1) is 10.7. The second kappa shape index (κ2) is 8.59. The molecule has 4 heteroatoms. The zero-order chi connectivity index (χ0) is 15.8. The number of carbonyl (C=O) groups excluding carboxylic acids is 1. The summed E-state index contributed by atoms with van der Waals surface area (Å²) in [7, 11) is 0. The normalized spacial score (nSPS) is 18.9. The van der Waals surface area contributed by atoms with Gasteiger partial charge in [-0.05, 0) is 18.4 Å². The minimum atomic E-state index is 0.0473. The summed E-state index contributed by atoms with van der Waals surface area (Å²) < 4.78 is 0. The van der Waals surface area contributed by atoms with Crippen LogP contribution < -0.4 is 10.6 Å². The molecule has 1 aromatic rings. The summed E-state index contributed by atoms with van der Waals surface area (Å²) in [5.41, 5.74) is 1.37. The maximum absolute atomic E-state index is 12.3. The van der Waals surface area contributed by atoms with Crippen LogP contribution in [0.4, 0.5) is 0 Å². The summed E-state index contributed by atoms with van der Waals surface area (Å²) in [6, 6.07) is 10.9. The SMILES string of the molecule is CCC(CC)(CNC(=O)CC1CSCCN1)c1ccccc1. The smallest absolute Gasteiger partial charge is 0.221 e. The van der Waals surface area contributed by atoms with Gasteiger partial charge in [-0.25, -0.2) is 0 Å². The number of hydrogen-bond acceptors (Lipinski definition) is 3. The Balaban J connectivity index is 1.92. The maximum atomic E-state index is 12.3. The van der Waals surface area contributed by atoms with Crippen LogP contribution >= 0.6 is 11.8 Å². The molecular weight excluding hydrogens is 292 g/mol. The summed E-state index contributed by atoms with van der Waals surface area (Å²) in [5.74, 6) is 2.36. The van der Waals surface area contributed by atoms with Gasteiger partial charge in [0.05, 0.1) is 0 Å². The van der Waals surface area contributed by atoms with Gasteiger partial charge in [0.2, 0.25) is 5.91 Å². The van der Waals surface area contributed by atoms with Crippen molar-refractivity contribution in [1.29, 1.82) is 0 Å². The molecule has 0 radical (unpaired) electrons. The van der Waals surface area contributed by atoms with E-state index in [-0.39, 0.29) is 11.3 Å². The standard InChI is InChI=1S/C18H28N2OS/c1-3-18(4-2,15-8-6-5-7-9-15)14-20-17(21)12-16-13-22-11-10-19-16/h5-9,16,19H,3-4,10-14H2,1-2H3,(H,20,21). The van der Waals surface area contributed by atoms with E-state index in [1.807, 2.05) is 17.8 Å². The van der Waals surface area contributed by atoms with Gasteiger partial charge in [-0.3, -0.25) is 4.79 Å². The van der Waals surface area contributed by atoms with Gasteiger partial charge >= 0.3 is 0 Å². The van der Waals surface area contributed by atoms with Gasteiger partial charge in [0.1, 0.15) is 0 Å². The van der Waals surface area contributed by atoms with Crippen molar-refractivity contribution in [3.05, 3.63) is 35.9 Å². The Morgan fingerprint density at radius 2 is 2.05 bits per heavy atom. The Labute approximate surface area is 138 Å². The Morgan fingerprint density at radius 1 is 1.32 bits per heavy atom. The number of benzene rings is 1. The van der Waals surface area contributed by atoms with Crippen molar-refractivity contribution in [3.63, 3.8) is 0 Å². The zero-order valence-corrected chi connectivity index (χ0v) is 14.5. The first-order valence-corrected chi connectivity index (χ1v) is 9.49. The van der Waals surface area contributed by atoms with Gasteiger partial charge in [0.25, 0.3) is 0 Å². The third-order valence-corrected chi connectivity index (χ3v) is 5.92. The molecule has 0 spiro atoms. The quantitative estimate of drug-likeness (QED) is 0.811. The molecule has 1 aliphatic rings. The highest BCUT2D eigenvalue weighted by molar-refractivity contribution is 7.99. The van der Waals surface area contributed by atoms with Crippen molar-refractivity contribution in [2.24, 2.45) is 0 Å². The van der Waals surface area contributed by atoms with Crippen molar-refractivity contribution in [1.82, 2.24) is 10.6 Å². The second-order valence-electron chi connectivity index (χ2n) is 6.06. The average Bonchev–Trinajstić information content (AvgIpc) is 2.58. The first kappa shape index (κ1) is 17.4. The molecule has 1 heterocycles. The highest BCUT2D eigenvalue weighted by atomic mass is 32.2. The Bertz CT molecular complexity index is 453. The number of carbonyl (C=O) groups is 1. The van der Waals surface area contributed by atoms with Crippen LogP contribution in [-0.4, -0.2) is 36.5 Å². The van der Waals surface area contributed by atoms with Crippen molar-refractivity contribution in [2.75, 3.05) is 24.6 Å². The molecule has 1 aliphatic heterocycles. The molecule has 3 nitrogen and oxygen atoms in total. The average molecular weight is 321 g/mol. The fourth-order valence-corrected chi connectivity index (χ4v) is 4.07. The topological polar surface area (TPSA) is 41.1 Å². The number of amides is 1. The molecule has 0 aromatic heterocycles.